The van der Waals surface area contributed by atoms with E-state index in [1.807, 2.05) is 0 Å². The highest BCUT2D eigenvalue weighted by Crippen LogP contribution is 2.19. The predicted molar refractivity (Wildman–Crippen MR) is 71.7 cm³/mol. The number of carbonyl (C=O) groups excluding carboxylic acids is 1. The maximum atomic E-state index is 11.8. The first kappa shape index (κ1) is 14.0. The monoisotopic (exact) mass is 274 g/mol. The molecule has 1 rings (SSSR count). The summed E-state index contributed by atoms with van der Waals surface area (Å²) in [6, 6.07) is 4.55. The van der Waals surface area contributed by atoms with Gasteiger partial charge in [0.05, 0.1) is 10.7 Å². The number of nitrogen functional groups attached to an aromatic ring is 1. The zero-order chi connectivity index (χ0) is 13.0. The van der Waals surface area contributed by atoms with Crippen LogP contribution in [-0.4, -0.2) is 28.2 Å². The second kappa shape index (κ2) is 6.02. The Morgan fingerprint density at radius 1 is 1.59 bits per heavy atom. The maximum Gasteiger partial charge on any atom is 0.251 e. The molecule has 0 aromatic heterocycles. The number of hydrogen-bond donors (Lipinski definition) is 2. The van der Waals surface area contributed by atoms with Gasteiger partial charge in [-0.25, -0.2) is 0 Å². The van der Waals surface area contributed by atoms with E-state index in [0.29, 0.717) is 22.0 Å². The molecule has 0 saturated heterocycles. The Hall–Kier alpha value is -1.07. The summed E-state index contributed by atoms with van der Waals surface area (Å²) >= 11 is 5.83. The van der Waals surface area contributed by atoms with Gasteiger partial charge in [0.1, 0.15) is 0 Å². The second-order valence-electron chi connectivity index (χ2n) is 3.85. The fourth-order valence-electron chi connectivity index (χ4n) is 1.37. The molecule has 2 atom stereocenters. The van der Waals surface area contributed by atoms with Gasteiger partial charge in [0, 0.05) is 34.4 Å². The highest BCUT2D eigenvalue weighted by atomic mass is 35.5. The molecule has 3 N–H and O–H groups in total. The number of rotatable bonds is 4. The van der Waals surface area contributed by atoms with Crippen molar-refractivity contribution in [1.29, 1.82) is 0 Å². The Bertz CT molecular complexity index is 451. The van der Waals surface area contributed by atoms with Crippen molar-refractivity contribution in [3.05, 3.63) is 28.8 Å². The number of nitrogens with two attached hydrogens (primary N) is 1. The molecule has 0 fully saturated rings. The van der Waals surface area contributed by atoms with Crippen LogP contribution in [0.25, 0.3) is 0 Å². The highest BCUT2D eigenvalue weighted by molar-refractivity contribution is 7.84. The smallest absolute Gasteiger partial charge is 0.251 e. The molecule has 0 spiro atoms. The van der Waals surface area contributed by atoms with Gasteiger partial charge in [0.15, 0.2) is 0 Å². The lowest BCUT2D eigenvalue weighted by atomic mass is 10.2. The molecular formula is C11H15ClN2O2S. The SMILES string of the molecule is CC(CS(C)=O)NC(=O)c1ccc(N)c(Cl)c1. The van der Waals surface area contributed by atoms with E-state index in [-0.39, 0.29) is 11.9 Å². The summed E-state index contributed by atoms with van der Waals surface area (Å²) in [5.41, 5.74) is 6.43. The zero-order valence-electron chi connectivity index (χ0n) is 9.70. The maximum absolute atomic E-state index is 11.8. The summed E-state index contributed by atoms with van der Waals surface area (Å²) < 4.78 is 11.0. The first-order valence-electron chi connectivity index (χ1n) is 5.06. The lowest BCUT2D eigenvalue weighted by molar-refractivity contribution is 0.0943. The van der Waals surface area contributed by atoms with Crippen LogP contribution in [0.4, 0.5) is 5.69 Å². The third-order valence-electron chi connectivity index (χ3n) is 2.12. The van der Waals surface area contributed by atoms with Crippen LogP contribution in [0.1, 0.15) is 17.3 Å². The van der Waals surface area contributed by atoms with Crippen LogP contribution in [0.3, 0.4) is 0 Å². The summed E-state index contributed by atoms with van der Waals surface area (Å²) in [5, 5.41) is 3.09. The molecule has 1 aromatic rings. The lowest BCUT2D eigenvalue weighted by Crippen LogP contribution is -2.36. The third kappa shape index (κ3) is 4.36. The van der Waals surface area contributed by atoms with Gasteiger partial charge in [0.2, 0.25) is 0 Å². The van der Waals surface area contributed by atoms with Crippen molar-refractivity contribution in [2.75, 3.05) is 17.7 Å². The van der Waals surface area contributed by atoms with Gasteiger partial charge in [-0.1, -0.05) is 11.6 Å². The van der Waals surface area contributed by atoms with Gasteiger partial charge in [-0.3, -0.25) is 9.00 Å². The van der Waals surface area contributed by atoms with Crippen LogP contribution < -0.4 is 11.1 Å². The van der Waals surface area contributed by atoms with Crippen molar-refractivity contribution in [3.63, 3.8) is 0 Å². The molecule has 0 radical (unpaired) electrons. The van der Waals surface area contributed by atoms with E-state index in [4.69, 9.17) is 17.3 Å². The molecule has 2 unspecified atom stereocenters. The van der Waals surface area contributed by atoms with E-state index < -0.39 is 10.8 Å². The second-order valence-corrected chi connectivity index (χ2v) is 5.74. The molecule has 0 bridgehead atoms. The molecule has 4 nitrogen and oxygen atoms in total. The van der Waals surface area contributed by atoms with Crippen LogP contribution in [0.2, 0.25) is 5.02 Å². The van der Waals surface area contributed by atoms with Gasteiger partial charge in [-0.15, -0.1) is 0 Å². The number of amides is 1. The van der Waals surface area contributed by atoms with E-state index in [0.717, 1.165) is 0 Å². The van der Waals surface area contributed by atoms with E-state index in [1.54, 1.807) is 25.3 Å². The normalized spacial score (nSPS) is 14.1. The number of halogens is 1. The largest absolute Gasteiger partial charge is 0.398 e. The molecule has 0 heterocycles. The molecule has 0 aliphatic carbocycles. The molecule has 94 valence electrons. The average Bonchev–Trinajstić information content (AvgIpc) is 2.20. The summed E-state index contributed by atoms with van der Waals surface area (Å²) in [7, 11) is -0.937. The first-order valence-corrected chi connectivity index (χ1v) is 7.16. The van der Waals surface area contributed by atoms with Crippen LogP contribution in [0.5, 0.6) is 0 Å². The quantitative estimate of drug-likeness (QED) is 0.816. The standard InChI is InChI=1S/C11H15ClN2O2S/c1-7(6-17(2)16)14-11(15)8-3-4-10(13)9(12)5-8/h3-5,7H,6,13H2,1-2H3,(H,14,15). The minimum atomic E-state index is -0.937. The third-order valence-corrected chi connectivity index (χ3v) is 3.42. The summed E-state index contributed by atoms with van der Waals surface area (Å²) in [4.78, 5) is 11.8. The number of anilines is 1. The van der Waals surface area contributed by atoms with E-state index in [1.165, 1.54) is 6.07 Å². The molecule has 0 saturated carbocycles. The van der Waals surface area contributed by atoms with E-state index >= 15 is 0 Å². The molecular weight excluding hydrogens is 260 g/mol. The lowest BCUT2D eigenvalue weighted by Gasteiger charge is -2.12. The summed E-state index contributed by atoms with van der Waals surface area (Å²) in [6.07, 6.45) is 1.60. The van der Waals surface area contributed by atoms with Crippen LogP contribution in [-0.2, 0) is 10.8 Å². The summed E-state index contributed by atoms with van der Waals surface area (Å²) in [5.74, 6) is 0.180. The number of benzene rings is 1. The van der Waals surface area contributed by atoms with Crippen molar-refractivity contribution in [3.8, 4) is 0 Å². The zero-order valence-corrected chi connectivity index (χ0v) is 11.3. The van der Waals surface area contributed by atoms with Crippen molar-refractivity contribution in [2.24, 2.45) is 0 Å². The fraction of sp³-hybridized carbons (Fsp3) is 0.364. The van der Waals surface area contributed by atoms with Gasteiger partial charge in [0.25, 0.3) is 5.91 Å². The average molecular weight is 275 g/mol. The number of carbonyl (C=O) groups is 1. The van der Waals surface area contributed by atoms with Crippen molar-refractivity contribution >= 4 is 34.0 Å². The molecule has 0 aliphatic heterocycles. The van der Waals surface area contributed by atoms with Gasteiger partial charge < -0.3 is 11.1 Å². The Kier molecular flexibility index (Phi) is 4.96. The molecule has 6 heteroatoms. The van der Waals surface area contributed by atoms with E-state index in [2.05, 4.69) is 5.32 Å². The predicted octanol–water partition coefficient (Wildman–Crippen LogP) is 1.42. The Morgan fingerprint density at radius 2 is 2.24 bits per heavy atom. The Labute approximate surface area is 108 Å². The Balaban J connectivity index is 2.70. The molecule has 0 aliphatic rings. The van der Waals surface area contributed by atoms with Crippen LogP contribution in [0.15, 0.2) is 18.2 Å². The van der Waals surface area contributed by atoms with Crippen LogP contribution >= 0.6 is 11.6 Å². The fourth-order valence-corrected chi connectivity index (χ4v) is 2.34. The summed E-state index contributed by atoms with van der Waals surface area (Å²) in [6.45, 7) is 1.80. The van der Waals surface area contributed by atoms with Crippen molar-refractivity contribution in [1.82, 2.24) is 5.32 Å². The molecule has 1 aromatic carbocycles. The van der Waals surface area contributed by atoms with Gasteiger partial charge in [-0.05, 0) is 25.1 Å². The van der Waals surface area contributed by atoms with Crippen molar-refractivity contribution < 1.29 is 9.00 Å². The minimum absolute atomic E-state index is 0.148. The first-order chi connectivity index (χ1) is 7.90. The molecule has 17 heavy (non-hydrogen) atoms. The Morgan fingerprint density at radius 3 is 2.76 bits per heavy atom. The van der Waals surface area contributed by atoms with Crippen LogP contribution in [0, 0.1) is 0 Å². The topological polar surface area (TPSA) is 72.2 Å². The van der Waals surface area contributed by atoms with Crippen molar-refractivity contribution in [2.45, 2.75) is 13.0 Å². The van der Waals surface area contributed by atoms with Gasteiger partial charge in [-0.2, -0.15) is 0 Å². The number of hydrogen-bond acceptors (Lipinski definition) is 3. The van der Waals surface area contributed by atoms with E-state index in [9.17, 15) is 9.00 Å². The number of nitrogens with one attached hydrogen (secondary N) is 1. The molecule has 1 amide bonds. The minimum Gasteiger partial charge on any atom is -0.398 e. The van der Waals surface area contributed by atoms with Gasteiger partial charge >= 0.3 is 0 Å². The highest BCUT2D eigenvalue weighted by Gasteiger charge is 2.11.